The van der Waals surface area contributed by atoms with Crippen molar-refractivity contribution in [3.63, 3.8) is 0 Å². The standard InChI is InChI=1S/C19H16F3N5/c20-19(21,22)16-3-6-24-9-14(16)11-27-7-4-17-15(12-27)10-25-18(26-17)13-2-1-5-23-8-13/h1-3,5-6,8-10H,4,7,11-12H2. The van der Waals surface area contributed by atoms with Crippen LogP contribution >= 0.6 is 0 Å². The third kappa shape index (κ3) is 3.80. The molecule has 5 nitrogen and oxygen atoms in total. The molecule has 0 amide bonds. The van der Waals surface area contributed by atoms with Crippen molar-refractivity contribution in [3.8, 4) is 11.4 Å². The van der Waals surface area contributed by atoms with Crippen LogP contribution in [0, 0.1) is 0 Å². The van der Waals surface area contributed by atoms with Gasteiger partial charge in [-0.05, 0) is 23.8 Å². The molecule has 0 saturated heterocycles. The molecule has 0 N–H and O–H groups in total. The van der Waals surface area contributed by atoms with Crippen molar-refractivity contribution in [2.24, 2.45) is 0 Å². The SMILES string of the molecule is FC(F)(F)c1ccncc1CN1CCc2nc(-c3cccnc3)ncc2C1. The summed E-state index contributed by atoms with van der Waals surface area (Å²) in [7, 11) is 0. The van der Waals surface area contributed by atoms with Gasteiger partial charge in [-0.15, -0.1) is 0 Å². The van der Waals surface area contributed by atoms with Crippen LogP contribution in [0.1, 0.15) is 22.4 Å². The number of hydrogen-bond donors (Lipinski definition) is 0. The molecule has 3 aromatic heterocycles. The van der Waals surface area contributed by atoms with E-state index in [9.17, 15) is 13.2 Å². The third-order valence-corrected chi connectivity index (χ3v) is 4.54. The maximum atomic E-state index is 13.2. The Morgan fingerprint density at radius 3 is 2.67 bits per heavy atom. The Morgan fingerprint density at radius 1 is 1.04 bits per heavy atom. The van der Waals surface area contributed by atoms with Crippen LogP contribution in [0.25, 0.3) is 11.4 Å². The first-order valence-corrected chi connectivity index (χ1v) is 8.48. The van der Waals surface area contributed by atoms with E-state index < -0.39 is 11.7 Å². The van der Waals surface area contributed by atoms with Crippen molar-refractivity contribution in [1.82, 2.24) is 24.8 Å². The Hall–Kier alpha value is -2.87. The van der Waals surface area contributed by atoms with E-state index in [4.69, 9.17) is 0 Å². The molecular weight excluding hydrogens is 355 g/mol. The molecule has 0 aliphatic carbocycles. The number of pyridine rings is 2. The van der Waals surface area contributed by atoms with E-state index in [0.717, 1.165) is 22.9 Å². The van der Waals surface area contributed by atoms with Gasteiger partial charge in [0, 0.05) is 68.2 Å². The molecule has 0 spiro atoms. The lowest BCUT2D eigenvalue weighted by atomic mass is 10.0. The zero-order valence-corrected chi connectivity index (χ0v) is 14.3. The van der Waals surface area contributed by atoms with Crippen LogP contribution < -0.4 is 0 Å². The van der Waals surface area contributed by atoms with Crippen LogP contribution in [0.15, 0.2) is 49.2 Å². The largest absolute Gasteiger partial charge is 0.416 e. The van der Waals surface area contributed by atoms with Gasteiger partial charge >= 0.3 is 6.18 Å². The fraction of sp³-hybridized carbons (Fsp3) is 0.263. The Labute approximate surface area is 153 Å². The monoisotopic (exact) mass is 371 g/mol. The van der Waals surface area contributed by atoms with Crippen LogP contribution in [-0.2, 0) is 25.7 Å². The van der Waals surface area contributed by atoms with E-state index in [-0.39, 0.29) is 12.1 Å². The molecule has 0 unspecified atom stereocenters. The highest BCUT2D eigenvalue weighted by atomic mass is 19.4. The zero-order chi connectivity index (χ0) is 18.9. The molecule has 4 rings (SSSR count). The Balaban J connectivity index is 1.53. The second kappa shape index (κ2) is 7.03. The van der Waals surface area contributed by atoms with Gasteiger partial charge in [0.15, 0.2) is 5.82 Å². The topological polar surface area (TPSA) is 54.8 Å². The molecule has 27 heavy (non-hydrogen) atoms. The normalized spacial score (nSPS) is 14.8. The second-order valence-corrected chi connectivity index (χ2v) is 6.40. The maximum Gasteiger partial charge on any atom is 0.416 e. The molecule has 3 aromatic rings. The minimum Gasteiger partial charge on any atom is -0.294 e. The lowest BCUT2D eigenvalue weighted by molar-refractivity contribution is -0.138. The first-order chi connectivity index (χ1) is 13.0. The Bertz CT molecular complexity index is 944. The number of fused-ring (bicyclic) bond motifs is 1. The fourth-order valence-electron chi connectivity index (χ4n) is 3.21. The second-order valence-electron chi connectivity index (χ2n) is 6.40. The maximum absolute atomic E-state index is 13.2. The lowest BCUT2D eigenvalue weighted by Gasteiger charge is -2.28. The van der Waals surface area contributed by atoms with Gasteiger partial charge in [0.2, 0.25) is 0 Å². The number of nitrogens with zero attached hydrogens (tertiary/aromatic N) is 5. The van der Waals surface area contributed by atoms with E-state index in [1.807, 2.05) is 17.0 Å². The summed E-state index contributed by atoms with van der Waals surface area (Å²) in [6.45, 7) is 1.32. The average molecular weight is 371 g/mol. The van der Waals surface area contributed by atoms with Crippen molar-refractivity contribution in [1.29, 1.82) is 0 Å². The molecular formula is C19H16F3N5. The van der Waals surface area contributed by atoms with Crippen LogP contribution in [0.3, 0.4) is 0 Å². The molecule has 0 fully saturated rings. The summed E-state index contributed by atoms with van der Waals surface area (Å²) >= 11 is 0. The predicted octanol–water partition coefficient (Wildman–Crippen LogP) is 3.51. The van der Waals surface area contributed by atoms with Gasteiger partial charge in [-0.1, -0.05) is 0 Å². The van der Waals surface area contributed by atoms with E-state index in [0.29, 0.717) is 25.3 Å². The van der Waals surface area contributed by atoms with Gasteiger partial charge in [-0.2, -0.15) is 13.2 Å². The van der Waals surface area contributed by atoms with Gasteiger partial charge < -0.3 is 0 Å². The van der Waals surface area contributed by atoms with Gasteiger partial charge in [0.05, 0.1) is 11.3 Å². The molecule has 138 valence electrons. The number of aromatic nitrogens is 4. The summed E-state index contributed by atoms with van der Waals surface area (Å²) in [6.07, 6.45) is 3.89. The summed E-state index contributed by atoms with van der Waals surface area (Å²) in [4.78, 5) is 18.9. The van der Waals surface area contributed by atoms with Crippen molar-refractivity contribution in [3.05, 3.63) is 71.6 Å². The van der Waals surface area contributed by atoms with Crippen LogP contribution in [-0.4, -0.2) is 31.4 Å². The van der Waals surface area contributed by atoms with Gasteiger partial charge in [-0.3, -0.25) is 14.9 Å². The van der Waals surface area contributed by atoms with Crippen molar-refractivity contribution in [2.75, 3.05) is 6.54 Å². The minimum atomic E-state index is -4.38. The summed E-state index contributed by atoms with van der Waals surface area (Å²) in [6, 6.07) is 4.74. The van der Waals surface area contributed by atoms with E-state index >= 15 is 0 Å². The number of alkyl halides is 3. The number of rotatable bonds is 3. The molecule has 8 heteroatoms. The molecule has 1 aliphatic rings. The first-order valence-electron chi connectivity index (χ1n) is 8.48. The van der Waals surface area contributed by atoms with E-state index in [1.165, 1.54) is 12.4 Å². The van der Waals surface area contributed by atoms with Crippen LogP contribution in [0.5, 0.6) is 0 Å². The predicted molar refractivity (Wildman–Crippen MR) is 92.3 cm³/mol. The Morgan fingerprint density at radius 2 is 1.89 bits per heavy atom. The van der Waals surface area contributed by atoms with Gasteiger partial charge in [0.25, 0.3) is 0 Å². The van der Waals surface area contributed by atoms with Gasteiger partial charge in [-0.25, -0.2) is 9.97 Å². The highest BCUT2D eigenvalue weighted by Crippen LogP contribution is 2.32. The number of halogens is 3. The zero-order valence-electron chi connectivity index (χ0n) is 14.3. The highest BCUT2D eigenvalue weighted by Gasteiger charge is 2.33. The number of hydrogen-bond acceptors (Lipinski definition) is 5. The molecule has 0 saturated carbocycles. The summed E-state index contributed by atoms with van der Waals surface area (Å²) in [5.74, 6) is 0.613. The minimum absolute atomic E-state index is 0.182. The van der Waals surface area contributed by atoms with Crippen LogP contribution in [0.4, 0.5) is 13.2 Å². The van der Waals surface area contributed by atoms with Crippen LogP contribution in [0.2, 0.25) is 0 Å². The smallest absolute Gasteiger partial charge is 0.294 e. The Kier molecular flexibility index (Phi) is 4.57. The quantitative estimate of drug-likeness (QED) is 0.705. The molecule has 4 heterocycles. The van der Waals surface area contributed by atoms with Gasteiger partial charge in [0.1, 0.15) is 0 Å². The molecule has 1 aliphatic heterocycles. The highest BCUT2D eigenvalue weighted by molar-refractivity contribution is 5.53. The summed E-state index contributed by atoms with van der Waals surface area (Å²) < 4.78 is 39.5. The van der Waals surface area contributed by atoms with Crippen molar-refractivity contribution < 1.29 is 13.2 Å². The average Bonchev–Trinajstić information content (AvgIpc) is 2.68. The lowest BCUT2D eigenvalue weighted by Crippen LogP contribution is -2.31. The third-order valence-electron chi connectivity index (χ3n) is 4.54. The summed E-state index contributed by atoms with van der Waals surface area (Å²) in [5, 5.41) is 0. The molecule has 0 atom stereocenters. The first kappa shape index (κ1) is 17.5. The molecule has 0 radical (unpaired) electrons. The summed E-state index contributed by atoms with van der Waals surface area (Å²) in [5.41, 5.74) is 2.26. The van der Waals surface area contributed by atoms with E-state index in [2.05, 4.69) is 19.9 Å². The van der Waals surface area contributed by atoms with Crippen molar-refractivity contribution in [2.45, 2.75) is 25.7 Å². The van der Waals surface area contributed by atoms with E-state index in [1.54, 1.807) is 18.6 Å². The fourth-order valence-corrected chi connectivity index (χ4v) is 3.21. The molecule has 0 bridgehead atoms. The van der Waals surface area contributed by atoms with Crippen molar-refractivity contribution >= 4 is 0 Å². The molecule has 0 aromatic carbocycles.